The van der Waals surface area contributed by atoms with E-state index < -0.39 is 11.0 Å². The Labute approximate surface area is 139 Å². The second-order valence-electron chi connectivity index (χ2n) is 7.92. The van der Waals surface area contributed by atoms with Crippen LogP contribution < -0.4 is 0 Å². The lowest BCUT2D eigenvalue weighted by Crippen LogP contribution is -2.51. The Bertz CT molecular complexity index is 474. The van der Waals surface area contributed by atoms with E-state index in [4.69, 9.17) is 0 Å². The van der Waals surface area contributed by atoms with E-state index >= 15 is 0 Å². The second kappa shape index (κ2) is 6.77. The predicted molar refractivity (Wildman–Crippen MR) is 93.6 cm³/mol. The van der Waals surface area contributed by atoms with Crippen LogP contribution in [0.15, 0.2) is 0 Å². The lowest BCUT2D eigenvalue weighted by atomic mass is 9.70. The molecule has 1 aliphatic heterocycles. The van der Waals surface area contributed by atoms with E-state index in [1.165, 1.54) is 4.90 Å². The van der Waals surface area contributed by atoms with Crippen molar-refractivity contribution in [1.29, 1.82) is 0 Å². The van der Waals surface area contributed by atoms with E-state index in [1.54, 1.807) is 19.6 Å². The molecule has 0 aromatic carbocycles. The van der Waals surface area contributed by atoms with Crippen LogP contribution in [0.5, 0.6) is 0 Å². The second-order valence-corrected chi connectivity index (χ2v) is 9.15. The Morgan fingerprint density at radius 1 is 1.32 bits per heavy atom. The molecule has 22 heavy (non-hydrogen) atoms. The van der Waals surface area contributed by atoms with Crippen LogP contribution in [0.25, 0.3) is 0 Å². The van der Waals surface area contributed by atoms with Gasteiger partial charge in [0.15, 0.2) is 7.85 Å². The Morgan fingerprint density at radius 3 is 2.32 bits per heavy atom. The molecule has 0 aliphatic carbocycles. The van der Waals surface area contributed by atoms with E-state index in [0.717, 1.165) is 5.75 Å². The molecule has 0 bridgehead atoms. The topological polar surface area (TPSA) is 54.5 Å². The molecule has 1 fully saturated rings. The van der Waals surface area contributed by atoms with Gasteiger partial charge < -0.3 is 4.79 Å². The Kier molecular flexibility index (Phi) is 5.93. The van der Waals surface area contributed by atoms with Crippen molar-refractivity contribution < 1.29 is 14.4 Å². The molecule has 2 amide bonds. The zero-order chi connectivity index (χ0) is 17.3. The molecule has 4 nitrogen and oxygen atoms in total. The number of nitrogens with zero attached hydrogens (tertiary/aromatic N) is 1. The van der Waals surface area contributed by atoms with E-state index in [-0.39, 0.29) is 29.2 Å². The molecule has 1 saturated heterocycles. The van der Waals surface area contributed by atoms with Crippen molar-refractivity contribution in [3.05, 3.63) is 0 Å². The van der Waals surface area contributed by atoms with Crippen LogP contribution in [0.4, 0.5) is 0 Å². The van der Waals surface area contributed by atoms with Crippen LogP contribution in [0.3, 0.4) is 0 Å². The first kappa shape index (κ1) is 19.3. The maximum atomic E-state index is 12.6. The number of likely N-dealkylation sites (tertiary alicyclic amines) is 1. The molecule has 1 rings (SSSR count). The molecule has 0 aromatic rings. The first-order valence-corrected chi connectivity index (χ1v) is 8.93. The summed E-state index contributed by atoms with van der Waals surface area (Å²) in [6.07, 6.45) is 0.758. The summed E-state index contributed by atoms with van der Waals surface area (Å²) in [6, 6.07) is 0. The van der Waals surface area contributed by atoms with Crippen LogP contribution in [0.2, 0.25) is 0 Å². The monoisotopic (exact) mass is 325 g/mol. The number of amides is 2. The molecule has 1 unspecified atom stereocenters. The highest BCUT2D eigenvalue weighted by Crippen LogP contribution is 2.37. The van der Waals surface area contributed by atoms with Crippen LogP contribution in [-0.2, 0) is 14.4 Å². The minimum atomic E-state index is -0.642. The van der Waals surface area contributed by atoms with Crippen molar-refractivity contribution in [2.75, 3.05) is 5.75 Å². The first-order chi connectivity index (χ1) is 9.88. The van der Waals surface area contributed by atoms with Crippen molar-refractivity contribution in [2.24, 2.45) is 11.3 Å². The Hall–Kier alpha value is -0.775. The van der Waals surface area contributed by atoms with Gasteiger partial charge >= 0.3 is 0 Å². The molecule has 6 heteroatoms. The SMILES string of the molecule is BC(=O)C(C)(C)CC(C)(C)N1C(=O)CC(SCC(C)C)C1=O. The fourth-order valence-electron chi connectivity index (χ4n) is 2.96. The van der Waals surface area contributed by atoms with E-state index in [9.17, 15) is 14.4 Å². The van der Waals surface area contributed by atoms with Gasteiger partial charge in [-0.05, 0) is 31.9 Å². The smallest absolute Gasteiger partial charge is 0.243 e. The number of hydrogen-bond acceptors (Lipinski definition) is 4. The van der Waals surface area contributed by atoms with Gasteiger partial charge in [-0.1, -0.05) is 27.7 Å². The minimum absolute atomic E-state index is 0.0744. The third kappa shape index (κ3) is 4.37. The number of carbonyl (C=O) groups is 3. The Morgan fingerprint density at radius 2 is 1.86 bits per heavy atom. The maximum absolute atomic E-state index is 12.6. The summed E-state index contributed by atoms with van der Waals surface area (Å²) in [5, 5.41) is -0.269. The summed E-state index contributed by atoms with van der Waals surface area (Å²) in [5.74, 6) is 1.15. The van der Waals surface area contributed by atoms with Crippen molar-refractivity contribution >= 4 is 37.1 Å². The van der Waals surface area contributed by atoms with E-state index in [2.05, 4.69) is 13.8 Å². The molecule has 1 heterocycles. The number of thioether (sulfide) groups is 1. The highest BCUT2D eigenvalue weighted by Gasteiger charge is 2.48. The number of carbonyl (C=O) groups excluding carboxylic acids is 3. The third-order valence-corrected chi connectivity index (χ3v) is 5.80. The summed E-state index contributed by atoms with van der Waals surface area (Å²) >= 11 is 1.57. The van der Waals surface area contributed by atoms with Gasteiger partial charge in [-0.3, -0.25) is 14.5 Å². The molecule has 124 valence electrons. The Balaban J connectivity index is 2.88. The van der Waals surface area contributed by atoms with Gasteiger partial charge in [0.05, 0.1) is 10.9 Å². The van der Waals surface area contributed by atoms with Crippen molar-refractivity contribution in [1.82, 2.24) is 4.90 Å². The van der Waals surface area contributed by atoms with Crippen LogP contribution in [0.1, 0.15) is 54.4 Å². The highest BCUT2D eigenvalue weighted by molar-refractivity contribution is 8.00. The zero-order valence-corrected chi connectivity index (χ0v) is 15.7. The average molecular weight is 325 g/mol. The predicted octanol–water partition coefficient (Wildman–Crippen LogP) is 1.86. The van der Waals surface area contributed by atoms with Crippen LogP contribution in [0, 0.1) is 11.3 Å². The minimum Gasteiger partial charge on any atom is -0.311 e. The molecule has 1 aliphatic rings. The fourth-order valence-corrected chi connectivity index (χ4v) is 4.09. The quantitative estimate of drug-likeness (QED) is 0.530. The summed E-state index contributed by atoms with van der Waals surface area (Å²) in [6.45, 7) is 11.7. The summed E-state index contributed by atoms with van der Waals surface area (Å²) in [5.41, 5.74) is -1.12. The van der Waals surface area contributed by atoms with Gasteiger partial charge in [-0.15, -0.1) is 11.8 Å². The van der Waals surface area contributed by atoms with Crippen LogP contribution in [-0.4, -0.2) is 46.8 Å². The van der Waals surface area contributed by atoms with Crippen LogP contribution >= 0.6 is 11.8 Å². The third-order valence-electron chi connectivity index (χ3n) is 4.17. The molecule has 0 saturated carbocycles. The fraction of sp³-hybridized carbons (Fsp3) is 0.812. The van der Waals surface area contributed by atoms with Gasteiger partial charge in [0, 0.05) is 17.4 Å². The maximum Gasteiger partial charge on any atom is 0.243 e. The van der Waals surface area contributed by atoms with Gasteiger partial charge in [0.1, 0.15) is 0 Å². The average Bonchev–Trinajstić information content (AvgIpc) is 2.60. The van der Waals surface area contributed by atoms with Crippen molar-refractivity contribution in [3.63, 3.8) is 0 Å². The largest absolute Gasteiger partial charge is 0.311 e. The summed E-state index contributed by atoms with van der Waals surface area (Å²) < 4.78 is 0. The zero-order valence-electron chi connectivity index (χ0n) is 14.9. The van der Waals surface area contributed by atoms with Gasteiger partial charge in [-0.2, -0.15) is 0 Å². The number of rotatable bonds is 7. The molecule has 0 N–H and O–H groups in total. The molecule has 1 atom stereocenters. The van der Waals surface area contributed by atoms with Gasteiger partial charge in [-0.25, -0.2) is 0 Å². The normalized spacial score (nSPS) is 20.1. The standard InChI is InChI=1S/C16H28BNO3S/c1-10(2)8-22-11-7-12(19)18(13(11)20)16(5,6)9-15(3,4)14(17)21/h10-11H,7-9,17H2,1-6H3. The summed E-state index contributed by atoms with van der Waals surface area (Å²) in [4.78, 5) is 38.1. The van der Waals surface area contributed by atoms with E-state index in [0.29, 0.717) is 12.3 Å². The van der Waals surface area contributed by atoms with E-state index in [1.807, 2.05) is 27.7 Å². The molecule has 0 aromatic heterocycles. The molecule has 0 spiro atoms. The van der Waals surface area contributed by atoms with Gasteiger partial charge in [0.2, 0.25) is 11.8 Å². The number of hydrogen-bond donors (Lipinski definition) is 0. The number of imide groups is 1. The lowest BCUT2D eigenvalue weighted by Gasteiger charge is -2.39. The summed E-state index contributed by atoms with van der Waals surface area (Å²) in [7, 11) is 1.56. The van der Waals surface area contributed by atoms with Gasteiger partial charge in [0.25, 0.3) is 0 Å². The van der Waals surface area contributed by atoms with Crippen molar-refractivity contribution in [2.45, 2.75) is 65.2 Å². The molecular formula is C16H28BNO3S. The first-order valence-electron chi connectivity index (χ1n) is 7.88. The van der Waals surface area contributed by atoms with Crippen molar-refractivity contribution in [3.8, 4) is 0 Å². The highest BCUT2D eigenvalue weighted by atomic mass is 32.2. The molecular weight excluding hydrogens is 297 g/mol. The lowest BCUT2D eigenvalue weighted by molar-refractivity contribution is -0.146. The molecule has 0 radical (unpaired) electrons.